The molecule has 4 nitrogen and oxygen atoms in total. The van der Waals surface area contributed by atoms with Gasteiger partial charge in [-0.2, -0.15) is 0 Å². The van der Waals surface area contributed by atoms with Crippen LogP contribution in [0.4, 0.5) is 0 Å². The Morgan fingerprint density at radius 2 is 1.73 bits per heavy atom. The number of carboxylic acids is 1. The molecule has 0 saturated carbocycles. The minimum absolute atomic E-state index is 0.0631. The van der Waals surface area contributed by atoms with E-state index in [4.69, 9.17) is 27.5 Å². The summed E-state index contributed by atoms with van der Waals surface area (Å²) in [6, 6.07) is 14.2. The van der Waals surface area contributed by atoms with Gasteiger partial charge in [0.25, 0.3) is 0 Å². The van der Waals surface area contributed by atoms with Crippen LogP contribution in [0.2, 0.25) is 5.02 Å². The fourth-order valence-electron chi connectivity index (χ4n) is 1.67. The molecule has 0 bridgehead atoms. The Kier molecular flexibility index (Phi) is 7.05. The molecule has 0 amide bonds. The van der Waals surface area contributed by atoms with Gasteiger partial charge in [0, 0.05) is 11.1 Å². The summed E-state index contributed by atoms with van der Waals surface area (Å²) in [5, 5.41) is 18.2. The zero-order valence-electron chi connectivity index (χ0n) is 12.5. The first kappa shape index (κ1) is 18.2. The van der Waals surface area contributed by atoms with E-state index < -0.39 is 12.1 Å². The van der Waals surface area contributed by atoms with Crippen LogP contribution in [0.15, 0.2) is 48.5 Å². The number of rotatable bonds is 3. The first-order valence-electron chi connectivity index (χ1n) is 6.80. The molecule has 0 aliphatic rings. The minimum atomic E-state index is -1.41. The molecule has 2 rings (SSSR count). The van der Waals surface area contributed by atoms with Gasteiger partial charge in [-0.15, -0.1) is 0 Å². The molecule has 0 radical (unpaired) electrons. The molecule has 0 unspecified atom stereocenters. The number of aliphatic carboxylic acids is 1. The highest BCUT2D eigenvalue weighted by atomic mass is 35.5. The molecule has 0 saturated heterocycles. The summed E-state index contributed by atoms with van der Waals surface area (Å²) in [6.07, 6.45) is -1.41. The van der Waals surface area contributed by atoms with Gasteiger partial charge < -0.3 is 15.9 Å². The number of aliphatic hydroxyl groups is 1. The average molecular weight is 322 g/mol. The normalized spacial score (nSPS) is 12.8. The van der Waals surface area contributed by atoms with Crippen LogP contribution in [0.25, 0.3) is 0 Å². The van der Waals surface area contributed by atoms with Crippen LogP contribution in [0.1, 0.15) is 35.8 Å². The van der Waals surface area contributed by atoms with Gasteiger partial charge >= 0.3 is 5.97 Å². The van der Waals surface area contributed by atoms with Crippen LogP contribution in [0.3, 0.4) is 0 Å². The Labute approximate surface area is 135 Å². The third kappa shape index (κ3) is 5.48. The van der Waals surface area contributed by atoms with Crippen LogP contribution in [0, 0.1) is 6.92 Å². The number of nitrogens with two attached hydrogens (primary N) is 1. The number of halogens is 1. The maximum Gasteiger partial charge on any atom is 0.337 e. The van der Waals surface area contributed by atoms with Gasteiger partial charge in [0.05, 0.1) is 0 Å². The van der Waals surface area contributed by atoms with Crippen molar-refractivity contribution >= 4 is 17.6 Å². The molecule has 5 heteroatoms. The fourth-order valence-corrected chi connectivity index (χ4v) is 1.86. The summed E-state index contributed by atoms with van der Waals surface area (Å²) < 4.78 is 0. The largest absolute Gasteiger partial charge is 0.479 e. The van der Waals surface area contributed by atoms with E-state index >= 15 is 0 Å². The molecule has 0 spiro atoms. The molecule has 2 aromatic rings. The molecule has 0 aromatic heterocycles. The number of hydrogen-bond acceptors (Lipinski definition) is 3. The molecule has 0 aliphatic carbocycles. The second-order valence-corrected chi connectivity index (χ2v) is 5.36. The van der Waals surface area contributed by atoms with Gasteiger partial charge in [0.1, 0.15) is 0 Å². The van der Waals surface area contributed by atoms with Crippen molar-refractivity contribution in [2.24, 2.45) is 5.73 Å². The molecule has 0 heterocycles. The molecule has 2 atom stereocenters. The van der Waals surface area contributed by atoms with Gasteiger partial charge in [0.15, 0.2) is 6.10 Å². The zero-order valence-corrected chi connectivity index (χ0v) is 13.3. The number of aliphatic hydroxyl groups excluding tert-OH is 1. The summed E-state index contributed by atoms with van der Waals surface area (Å²) in [5.41, 5.74) is 8.25. The van der Waals surface area contributed by atoms with Crippen LogP contribution in [0.5, 0.6) is 0 Å². The minimum Gasteiger partial charge on any atom is -0.479 e. The van der Waals surface area contributed by atoms with E-state index in [0.29, 0.717) is 5.56 Å². The van der Waals surface area contributed by atoms with E-state index in [1.807, 2.05) is 32.0 Å². The van der Waals surface area contributed by atoms with Crippen molar-refractivity contribution in [1.29, 1.82) is 0 Å². The molecule has 0 aliphatic heterocycles. The van der Waals surface area contributed by atoms with E-state index in [1.54, 1.807) is 30.3 Å². The van der Waals surface area contributed by atoms with Crippen molar-refractivity contribution in [2.75, 3.05) is 0 Å². The lowest BCUT2D eigenvalue weighted by Gasteiger charge is -2.06. The summed E-state index contributed by atoms with van der Waals surface area (Å²) in [6.45, 7) is 3.92. The smallest absolute Gasteiger partial charge is 0.337 e. The zero-order chi connectivity index (χ0) is 16.7. The highest BCUT2D eigenvalue weighted by Crippen LogP contribution is 2.19. The van der Waals surface area contributed by atoms with Gasteiger partial charge in [-0.05, 0) is 36.6 Å². The summed E-state index contributed by atoms with van der Waals surface area (Å²) in [4.78, 5) is 10.2. The fraction of sp³-hybridized carbons (Fsp3) is 0.235. The van der Waals surface area contributed by atoms with Crippen molar-refractivity contribution in [3.63, 3.8) is 0 Å². The molecule has 4 N–H and O–H groups in total. The van der Waals surface area contributed by atoms with Crippen molar-refractivity contribution in [3.8, 4) is 0 Å². The molecule has 2 aromatic carbocycles. The average Bonchev–Trinajstić information content (AvgIpc) is 2.50. The summed E-state index contributed by atoms with van der Waals surface area (Å²) in [7, 11) is 0. The lowest BCUT2D eigenvalue weighted by molar-refractivity contribution is -0.146. The number of aryl methyl sites for hydroxylation is 1. The lowest BCUT2D eigenvalue weighted by atomic mass is 10.1. The van der Waals surface area contributed by atoms with Crippen LogP contribution < -0.4 is 5.73 Å². The predicted octanol–water partition coefficient (Wildman–Crippen LogP) is 3.47. The first-order chi connectivity index (χ1) is 10.3. The Balaban J connectivity index is 0.000000220. The molecule has 22 heavy (non-hydrogen) atoms. The molecule has 118 valence electrons. The molecular formula is C17H20ClNO3. The van der Waals surface area contributed by atoms with Gasteiger partial charge in [-0.3, -0.25) is 0 Å². The highest BCUT2D eigenvalue weighted by molar-refractivity contribution is 6.31. The van der Waals surface area contributed by atoms with Crippen molar-refractivity contribution in [2.45, 2.75) is 26.0 Å². The lowest BCUT2D eigenvalue weighted by Crippen LogP contribution is -2.09. The molecule has 0 fully saturated rings. The Morgan fingerprint density at radius 3 is 2.18 bits per heavy atom. The number of carbonyl (C=O) groups is 1. The maximum absolute atomic E-state index is 10.2. The monoisotopic (exact) mass is 321 g/mol. The van der Waals surface area contributed by atoms with E-state index in [0.717, 1.165) is 16.1 Å². The predicted molar refractivity (Wildman–Crippen MR) is 87.8 cm³/mol. The molecular weight excluding hydrogens is 302 g/mol. The van der Waals surface area contributed by atoms with Crippen molar-refractivity contribution in [1.82, 2.24) is 0 Å². The first-order valence-corrected chi connectivity index (χ1v) is 7.18. The number of benzene rings is 2. The second kappa shape index (κ2) is 8.54. The van der Waals surface area contributed by atoms with Crippen LogP contribution in [-0.4, -0.2) is 16.2 Å². The second-order valence-electron chi connectivity index (χ2n) is 4.95. The van der Waals surface area contributed by atoms with Crippen LogP contribution >= 0.6 is 11.6 Å². The number of hydrogen-bond donors (Lipinski definition) is 3. The third-order valence-corrected chi connectivity index (χ3v) is 3.48. The third-order valence-electron chi connectivity index (χ3n) is 3.07. The van der Waals surface area contributed by atoms with Crippen molar-refractivity contribution in [3.05, 3.63) is 70.2 Å². The van der Waals surface area contributed by atoms with E-state index in [1.165, 1.54) is 0 Å². The topological polar surface area (TPSA) is 83.6 Å². The Morgan fingerprint density at radius 1 is 1.14 bits per heavy atom. The van der Waals surface area contributed by atoms with Gasteiger partial charge in [0.2, 0.25) is 0 Å². The Bertz CT molecular complexity index is 615. The van der Waals surface area contributed by atoms with Crippen molar-refractivity contribution < 1.29 is 15.0 Å². The van der Waals surface area contributed by atoms with Crippen LogP contribution in [-0.2, 0) is 4.79 Å². The Hall–Kier alpha value is -1.88. The maximum atomic E-state index is 10.2. The number of carboxylic acid groups (broad SMARTS) is 1. The van der Waals surface area contributed by atoms with E-state index in [9.17, 15) is 4.79 Å². The van der Waals surface area contributed by atoms with Gasteiger partial charge in [-0.25, -0.2) is 4.79 Å². The summed E-state index contributed by atoms with van der Waals surface area (Å²) >= 11 is 5.90. The quantitative estimate of drug-likeness (QED) is 0.808. The summed E-state index contributed by atoms with van der Waals surface area (Å²) in [5.74, 6) is -1.23. The SMILES string of the molecule is Cc1ccc([C@@H](C)N)cc1Cl.O=C(O)[C@H](O)c1ccccc1. The van der Waals surface area contributed by atoms with E-state index in [2.05, 4.69) is 0 Å². The standard InChI is InChI=1S/C9H12ClN.C8H8O3/c1-6-3-4-8(7(2)11)5-9(6)10;9-7(8(10)11)6-4-2-1-3-5-6/h3-5,7H,11H2,1-2H3;1-5,7,9H,(H,10,11)/t2*7-/m11/s1. The van der Waals surface area contributed by atoms with Gasteiger partial charge in [-0.1, -0.05) is 54.1 Å². The highest BCUT2D eigenvalue weighted by Gasteiger charge is 2.14. The van der Waals surface area contributed by atoms with E-state index in [-0.39, 0.29) is 6.04 Å².